The van der Waals surface area contributed by atoms with Crippen molar-refractivity contribution in [1.82, 2.24) is 0 Å². The molecule has 0 aliphatic carbocycles. The number of carbonyl (C=O) groups is 1. The molecule has 1 aliphatic heterocycles. The van der Waals surface area contributed by atoms with Crippen LogP contribution in [0.5, 0.6) is 0 Å². The Morgan fingerprint density at radius 3 is 2.67 bits per heavy atom. The number of ether oxygens (including phenoxy) is 2. The van der Waals surface area contributed by atoms with Crippen LogP contribution in [-0.4, -0.2) is 70.1 Å². The molecule has 1 aromatic heterocycles. The molecule has 0 saturated carbocycles. The Kier molecular flexibility index (Phi) is 6.90. The molecule has 1 aliphatic rings. The molecule has 0 aromatic carbocycles. The third kappa shape index (κ3) is 4.62. The van der Waals surface area contributed by atoms with E-state index in [0.29, 0.717) is 18.4 Å². The van der Waals surface area contributed by atoms with Crippen LogP contribution in [0.2, 0.25) is 0 Å². The normalized spacial score (nSPS) is 31.8. The average molecular weight is 344 g/mol. The Bertz CT molecular complexity index is 500. The summed E-state index contributed by atoms with van der Waals surface area (Å²) in [5.74, 6) is -0.0170. The zero-order chi connectivity index (χ0) is 17.7. The summed E-state index contributed by atoms with van der Waals surface area (Å²) in [4.78, 5) is 11.9. The molecular formula is C16H24O8. The Hall–Kier alpha value is -1.29. The SMILES string of the molecule is CC(CCC(=O)c1ccoc1)CO[C@@H]1O[C@H](CO)[C@@H](O)[C@H](O)[C@H]1O. The minimum Gasteiger partial charge on any atom is -0.472 e. The fourth-order valence-electron chi connectivity index (χ4n) is 2.49. The van der Waals surface area contributed by atoms with E-state index in [-0.39, 0.29) is 18.3 Å². The molecule has 8 heteroatoms. The topological polar surface area (TPSA) is 130 Å². The molecular weight excluding hydrogens is 320 g/mol. The van der Waals surface area contributed by atoms with E-state index < -0.39 is 37.3 Å². The largest absolute Gasteiger partial charge is 0.472 e. The summed E-state index contributed by atoms with van der Waals surface area (Å²) in [5, 5.41) is 38.4. The predicted octanol–water partition coefficient (Wildman–Crippen LogP) is -0.305. The van der Waals surface area contributed by atoms with E-state index in [2.05, 4.69) is 0 Å². The number of hydrogen-bond acceptors (Lipinski definition) is 8. The molecule has 8 nitrogen and oxygen atoms in total. The van der Waals surface area contributed by atoms with Crippen LogP contribution in [0, 0.1) is 5.92 Å². The van der Waals surface area contributed by atoms with Gasteiger partial charge in [0.15, 0.2) is 12.1 Å². The zero-order valence-electron chi connectivity index (χ0n) is 13.4. The quantitative estimate of drug-likeness (QED) is 0.473. The first-order chi connectivity index (χ1) is 11.4. The van der Waals surface area contributed by atoms with Gasteiger partial charge < -0.3 is 34.3 Å². The first kappa shape index (κ1) is 19.0. The Morgan fingerprint density at radius 2 is 2.04 bits per heavy atom. The number of Topliss-reactive ketones (excluding diaryl/α,β-unsaturated/α-hetero) is 1. The lowest BCUT2D eigenvalue weighted by atomic mass is 9.99. The average Bonchev–Trinajstić information content (AvgIpc) is 3.11. The van der Waals surface area contributed by atoms with E-state index in [4.69, 9.17) is 19.0 Å². The van der Waals surface area contributed by atoms with Crippen molar-refractivity contribution in [2.24, 2.45) is 5.92 Å². The predicted molar refractivity (Wildman–Crippen MR) is 81.2 cm³/mol. The summed E-state index contributed by atoms with van der Waals surface area (Å²) in [6.07, 6.45) is -2.67. The highest BCUT2D eigenvalue weighted by Gasteiger charge is 2.44. The van der Waals surface area contributed by atoms with Crippen molar-refractivity contribution in [3.05, 3.63) is 24.2 Å². The van der Waals surface area contributed by atoms with Crippen LogP contribution in [0.15, 0.2) is 23.0 Å². The van der Waals surface area contributed by atoms with Gasteiger partial charge in [-0.25, -0.2) is 0 Å². The van der Waals surface area contributed by atoms with E-state index >= 15 is 0 Å². The van der Waals surface area contributed by atoms with Gasteiger partial charge in [-0.1, -0.05) is 6.92 Å². The summed E-state index contributed by atoms with van der Waals surface area (Å²) >= 11 is 0. The molecule has 0 amide bonds. The van der Waals surface area contributed by atoms with Gasteiger partial charge in [-0.3, -0.25) is 4.79 Å². The number of hydrogen-bond donors (Lipinski definition) is 4. The summed E-state index contributed by atoms with van der Waals surface area (Å²) < 4.78 is 15.6. The van der Waals surface area contributed by atoms with Crippen LogP contribution in [0.25, 0.3) is 0 Å². The van der Waals surface area contributed by atoms with Crippen molar-refractivity contribution in [3.8, 4) is 0 Å². The number of rotatable bonds is 8. The number of ketones is 1. The fraction of sp³-hybridized carbons (Fsp3) is 0.688. The molecule has 0 spiro atoms. The van der Waals surface area contributed by atoms with Crippen LogP contribution >= 0.6 is 0 Å². The third-order valence-electron chi connectivity index (χ3n) is 4.10. The molecule has 1 aromatic rings. The first-order valence-corrected chi connectivity index (χ1v) is 7.91. The lowest BCUT2D eigenvalue weighted by Crippen LogP contribution is -2.59. The summed E-state index contributed by atoms with van der Waals surface area (Å²) in [6.45, 7) is 1.58. The van der Waals surface area contributed by atoms with E-state index in [1.54, 1.807) is 6.07 Å². The van der Waals surface area contributed by atoms with Gasteiger partial charge in [-0.2, -0.15) is 0 Å². The van der Waals surface area contributed by atoms with Gasteiger partial charge in [0.2, 0.25) is 0 Å². The van der Waals surface area contributed by atoms with Crippen LogP contribution in [-0.2, 0) is 9.47 Å². The molecule has 136 valence electrons. The van der Waals surface area contributed by atoms with E-state index in [1.165, 1.54) is 12.5 Å². The highest BCUT2D eigenvalue weighted by atomic mass is 16.7. The van der Waals surface area contributed by atoms with E-state index in [9.17, 15) is 20.1 Å². The van der Waals surface area contributed by atoms with Gasteiger partial charge in [-0.05, 0) is 18.4 Å². The second-order valence-electron chi connectivity index (χ2n) is 6.11. The van der Waals surface area contributed by atoms with Gasteiger partial charge >= 0.3 is 0 Å². The zero-order valence-corrected chi connectivity index (χ0v) is 13.4. The molecule has 4 N–H and O–H groups in total. The Morgan fingerprint density at radius 1 is 1.29 bits per heavy atom. The van der Waals surface area contributed by atoms with Crippen LogP contribution in [0.1, 0.15) is 30.1 Å². The molecule has 6 atom stereocenters. The van der Waals surface area contributed by atoms with Crippen molar-refractivity contribution in [1.29, 1.82) is 0 Å². The second kappa shape index (κ2) is 8.70. The fourth-order valence-corrected chi connectivity index (χ4v) is 2.49. The van der Waals surface area contributed by atoms with Crippen molar-refractivity contribution in [3.63, 3.8) is 0 Å². The maximum absolute atomic E-state index is 11.9. The van der Waals surface area contributed by atoms with Gasteiger partial charge in [0.05, 0.1) is 25.0 Å². The monoisotopic (exact) mass is 344 g/mol. The van der Waals surface area contributed by atoms with Gasteiger partial charge in [0, 0.05) is 6.42 Å². The molecule has 24 heavy (non-hydrogen) atoms. The van der Waals surface area contributed by atoms with Gasteiger partial charge in [-0.15, -0.1) is 0 Å². The number of furan rings is 1. The van der Waals surface area contributed by atoms with Crippen LogP contribution < -0.4 is 0 Å². The molecule has 1 saturated heterocycles. The summed E-state index contributed by atoms with van der Waals surface area (Å²) in [7, 11) is 0. The van der Waals surface area contributed by atoms with Gasteiger partial charge in [0.25, 0.3) is 0 Å². The van der Waals surface area contributed by atoms with Crippen LogP contribution in [0.3, 0.4) is 0 Å². The highest BCUT2D eigenvalue weighted by Crippen LogP contribution is 2.23. The minimum atomic E-state index is -1.46. The van der Waals surface area contributed by atoms with Crippen molar-refractivity contribution in [2.75, 3.05) is 13.2 Å². The molecule has 1 unspecified atom stereocenters. The third-order valence-corrected chi connectivity index (χ3v) is 4.10. The number of aliphatic hydroxyl groups excluding tert-OH is 4. The standard InChI is InChI=1S/C16H24O8/c1-9(2-3-11(18)10-4-5-22-8-10)7-23-16-15(21)14(20)13(19)12(6-17)24-16/h4-5,8-9,12-17,19-21H,2-3,6-7H2,1H3/t9?,12-,13-,14+,15-,16-/m1/s1. The van der Waals surface area contributed by atoms with Crippen LogP contribution in [0.4, 0.5) is 0 Å². The lowest BCUT2D eigenvalue weighted by Gasteiger charge is -2.39. The molecule has 0 bridgehead atoms. The molecule has 2 rings (SSSR count). The Balaban J connectivity index is 1.76. The highest BCUT2D eigenvalue weighted by molar-refractivity contribution is 5.95. The van der Waals surface area contributed by atoms with Crippen molar-refractivity contribution >= 4 is 5.78 Å². The van der Waals surface area contributed by atoms with Crippen molar-refractivity contribution in [2.45, 2.75) is 50.5 Å². The van der Waals surface area contributed by atoms with Gasteiger partial charge in [0.1, 0.15) is 30.7 Å². The minimum absolute atomic E-state index is 0.00761. The molecule has 0 radical (unpaired) electrons. The van der Waals surface area contributed by atoms with E-state index in [0.717, 1.165) is 0 Å². The van der Waals surface area contributed by atoms with E-state index in [1.807, 2.05) is 6.92 Å². The van der Waals surface area contributed by atoms with Crippen molar-refractivity contribution < 1.29 is 39.1 Å². The maximum Gasteiger partial charge on any atom is 0.186 e. The molecule has 1 fully saturated rings. The first-order valence-electron chi connectivity index (χ1n) is 7.91. The summed E-state index contributed by atoms with van der Waals surface area (Å²) in [5.41, 5.74) is 0.525. The maximum atomic E-state index is 11.9. The number of carbonyl (C=O) groups excluding carboxylic acids is 1. The number of aliphatic hydroxyl groups is 4. The second-order valence-corrected chi connectivity index (χ2v) is 6.11. The molecule has 2 heterocycles. The smallest absolute Gasteiger partial charge is 0.186 e. The summed E-state index contributed by atoms with van der Waals surface area (Å²) in [6, 6.07) is 1.61. The Labute approximate surface area is 139 Å². The lowest BCUT2D eigenvalue weighted by molar-refractivity contribution is -0.303.